The summed E-state index contributed by atoms with van der Waals surface area (Å²) in [6, 6.07) is 0.790. The Balaban J connectivity index is 2.27. The molecule has 9 heteroatoms. The molecular formula is C12H18N4O4S. The lowest BCUT2D eigenvalue weighted by Gasteiger charge is -2.29. The number of nitrogens with zero attached hydrogens (tertiary/aromatic N) is 2. The molecule has 0 bridgehead atoms. The van der Waals surface area contributed by atoms with E-state index in [4.69, 9.17) is 5.73 Å². The maximum atomic E-state index is 12.3. The second-order valence-corrected chi connectivity index (χ2v) is 7.04. The minimum atomic E-state index is -3.84. The fourth-order valence-corrected chi connectivity index (χ4v) is 3.84. The van der Waals surface area contributed by atoms with Crippen LogP contribution in [0.3, 0.4) is 0 Å². The summed E-state index contributed by atoms with van der Waals surface area (Å²) in [5.74, 6) is -0.0600. The van der Waals surface area contributed by atoms with E-state index in [2.05, 4.69) is 9.71 Å². The largest absolute Gasteiger partial charge is 0.378 e. The van der Waals surface area contributed by atoms with E-state index in [9.17, 15) is 18.5 Å². The molecule has 116 valence electrons. The van der Waals surface area contributed by atoms with Gasteiger partial charge in [0.1, 0.15) is 4.90 Å². The fourth-order valence-electron chi connectivity index (χ4n) is 2.50. The van der Waals surface area contributed by atoms with E-state index in [0.717, 1.165) is 37.9 Å². The van der Waals surface area contributed by atoms with E-state index < -0.39 is 20.6 Å². The molecule has 0 aliphatic heterocycles. The van der Waals surface area contributed by atoms with Crippen LogP contribution in [0.15, 0.2) is 17.2 Å². The lowest BCUT2D eigenvalue weighted by Crippen LogP contribution is -2.41. The van der Waals surface area contributed by atoms with Crippen molar-refractivity contribution >= 4 is 21.5 Å². The van der Waals surface area contributed by atoms with Crippen molar-refractivity contribution in [1.29, 1.82) is 0 Å². The Morgan fingerprint density at radius 2 is 2.10 bits per heavy atom. The second kappa shape index (κ2) is 5.94. The maximum Gasteiger partial charge on any atom is 0.312 e. The van der Waals surface area contributed by atoms with Crippen LogP contribution in [-0.2, 0) is 10.0 Å². The molecule has 3 N–H and O–H groups in total. The van der Waals surface area contributed by atoms with Crippen molar-refractivity contribution in [2.24, 2.45) is 5.92 Å². The molecule has 0 amide bonds. The Morgan fingerprint density at radius 3 is 2.71 bits per heavy atom. The van der Waals surface area contributed by atoms with Crippen LogP contribution in [0.25, 0.3) is 0 Å². The van der Waals surface area contributed by atoms with Gasteiger partial charge in [-0.05, 0) is 18.8 Å². The minimum Gasteiger partial charge on any atom is -0.378 e. The maximum absolute atomic E-state index is 12.3. The number of nitrogens with one attached hydrogen (secondary N) is 1. The first-order valence-electron chi connectivity index (χ1n) is 6.73. The summed E-state index contributed by atoms with van der Waals surface area (Å²) in [5.41, 5.74) is 4.87. The topological polar surface area (TPSA) is 128 Å². The molecule has 0 saturated heterocycles. The molecule has 0 aromatic carbocycles. The van der Waals surface area contributed by atoms with E-state index in [0.29, 0.717) is 0 Å². The van der Waals surface area contributed by atoms with Crippen molar-refractivity contribution in [3.63, 3.8) is 0 Å². The molecule has 21 heavy (non-hydrogen) atoms. The smallest absolute Gasteiger partial charge is 0.312 e. The molecule has 1 aromatic heterocycles. The van der Waals surface area contributed by atoms with Crippen LogP contribution in [0.4, 0.5) is 11.5 Å². The lowest BCUT2D eigenvalue weighted by atomic mass is 9.87. The summed E-state index contributed by atoms with van der Waals surface area (Å²) < 4.78 is 27.3. The summed E-state index contributed by atoms with van der Waals surface area (Å²) >= 11 is 0. The Bertz CT molecular complexity index is 647. The van der Waals surface area contributed by atoms with Gasteiger partial charge in [-0.15, -0.1) is 0 Å². The summed E-state index contributed by atoms with van der Waals surface area (Å²) in [6.45, 7) is 2.00. The number of pyridine rings is 1. The van der Waals surface area contributed by atoms with Gasteiger partial charge < -0.3 is 5.73 Å². The summed E-state index contributed by atoms with van der Waals surface area (Å²) in [6.07, 6.45) is 4.84. The van der Waals surface area contributed by atoms with Gasteiger partial charge in [-0.1, -0.05) is 19.8 Å². The zero-order valence-electron chi connectivity index (χ0n) is 11.7. The highest BCUT2D eigenvalue weighted by atomic mass is 32.2. The van der Waals surface area contributed by atoms with Gasteiger partial charge in [-0.3, -0.25) is 10.1 Å². The van der Waals surface area contributed by atoms with Crippen molar-refractivity contribution < 1.29 is 13.3 Å². The molecule has 2 rings (SSSR count). The lowest BCUT2D eigenvalue weighted by molar-refractivity contribution is -0.384. The van der Waals surface area contributed by atoms with E-state index in [-0.39, 0.29) is 22.7 Å². The number of nitrogen functional groups attached to an aromatic ring is 1. The average Bonchev–Trinajstić information content (AvgIpc) is 2.41. The number of nitro groups is 1. The summed E-state index contributed by atoms with van der Waals surface area (Å²) in [5, 5.41) is 10.8. The van der Waals surface area contributed by atoms with Gasteiger partial charge in [-0.25, -0.2) is 18.1 Å². The number of aromatic nitrogens is 1. The van der Waals surface area contributed by atoms with E-state index in [1.54, 1.807) is 0 Å². The van der Waals surface area contributed by atoms with Gasteiger partial charge >= 0.3 is 5.69 Å². The fraction of sp³-hybridized carbons (Fsp3) is 0.583. The quantitative estimate of drug-likeness (QED) is 0.639. The highest BCUT2D eigenvalue weighted by molar-refractivity contribution is 7.89. The Labute approximate surface area is 123 Å². The number of rotatable bonds is 4. The first-order valence-corrected chi connectivity index (χ1v) is 8.22. The average molecular weight is 314 g/mol. The Morgan fingerprint density at radius 1 is 1.43 bits per heavy atom. The van der Waals surface area contributed by atoms with Crippen LogP contribution in [0.1, 0.15) is 32.6 Å². The molecule has 1 heterocycles. The van der Waals surface area contributed by atoms with Crippen LogP contribution in [-0.4, -0.2) is 24.4 Å². The number of sulfonamides is 1. The molecule has 1 aromatic rings. The summed E-state index contributed by atoms with van der Waals surface area (Å²) in [7, 11) is -3.84. The highest BCUT2D eigenvalue weighted by Gasteiger charge is 2.28. The molecule has 8 nitrogen and oxygen atoms in total. The van der Waals surface area contributed by atoms with Crippen LogP contribution in [0.2, 0.25) is 0 Å². The van der Waals surface area contributed by atoms with Gasteiger partial charge in [0.05, 0.1) is 4.92 Å². The third-order valence-corrected chi connectivity index (χ3v) is 5.25. The van der Waals surface area contributed by atoms with Gasteiger partial charge in [0.25, 0.3) is 0 Å². The molecular weight excluding hydrogens is 296 g/mol. The van der Waals surface area contributed by atoms with Crippen LogP contribution in [0, 0.1) is 16.0 Å². The first-order chi connectivity index (χ1) is 9.81. The van der Waals surface area contributed by atoms with Crippen molar-refractivity contribution in [3.8, 4) is 0 Å². The predicted molar refractivity (Wildman–Crippen MR) is 77.0 cm³/mol. The van der Waals surface area contributed by atoms with Gasteiger partial charge in [0.15, 0.2) is 0 Å². The van der Waals surface area contributed by atoms with Crippen LogP contribution >= 0.6 is 0 Å². The monoisotopic (exact) mass is 314 g/mol. The van der Waals surface area contributed by atoms with Crippen molar-refractivity contribution in [1.82, 2.24) is 9.71 Å². The molecule has 2 unspecified atom stereocenters. The molecule has 1 aliphatic rings. The van der Waals surface area contributed by atoms with Crippen LogP contribution < -0.4 is 10.5 Å². The van der Waals surface area contributed by atoms with E-state index in [1.165, 1.54) is 0 Å². The van der Waals surface area contributed by atoms with Gasteiger partial charge in [0.2, 0.25) is 15.8 Å². The normalized spacial score (nSPS) is 22.9. The highest BCUT2D eigenvalue weighted by Crippen LogP contribution is 2.27. The van der Waals surface area contributed by atoms with Crippen LogP contribution in [0.5, 0.6) is 0 Å². The number of hydrogen-bond acceptors (Lipinski definition) is 6. The summed E-state index contributed by atoms with van der Waals surface area (Å²) in [4.78, 5) is 13.4. The zero-order chi connectivity index (χ0) is 15.6. The van der Waals surface area contributed by atoms with Crippen molar-refractivity contribution in [3.05, 3.63) is 22.4 Å². The van der Waals surface area contributed by atoms with Gasteiger partial charge in [0, 0.05) is 18.3 Å². The molecule has 1 fully saturated rings. The van der Waals surface area contributed by atoms with Crippen molar-refractivity contribution in [2.75, 3.05) is 5.73 Å². The predicted octanol–water partition coefficient (Wildman–Crippen LogP) is 1.43. The van der Waals surface area contributed by atoms with Gasteiger partial charge in [-0.2, -0.15) is 0 Å². The molecule has 2 atom stereocenters. The number of nitrogens with two attached hydrogens (primary N) is 1. The standard InChI is InChI=1S/C12H18N4O4S/c1-8-4-2-3-5-10(8)15-21(19,20)9-6-11(16(17)18)12(13)14-7-9/h6-8,10,15H,2-5H2,1H3,(H2,13,14). The van der Waals surface area contributed by atoms with Crippen molar-refractivity contribution in [2.45, 2.75) is 43.5 Å². The SMILES string of the molecule is CC1CCCCC1NS(=O)(=O)c1cnc(N)c([N+](=O)[O-])c1. The molecule has 0 radical (unpaired) electrons. The second-order valence-electron chi connectivity index (χ2n) is 5.32. The van der Waals surface area contributed by atoms with E-state index in [1.807, 2.05) is 6.92 Å². The Kier molecular flexibility index (Phi) is 4.43. The minimum absolute atomic E-state index is 0.152. The molecule has 1 saturated carbocycles. The van der Waals surface area contributed by atoms with E-state index >= 15 is 0 Å². The number of hydrogen-bond donors (Lipinski definition) is 2. The third kappa shape index (κ3) is 3.48. The number of anilines is 1. The Hall–Kier alpha value is -1.74. The molecule has 1 aliphatic carbocycles. The first kappa shape index (κ1) is 15.6. The third-order valence-electron chi connectivity index (χ3n) is 3.80. The molecule has 0 spiro atoms. The zero-order valence-corrected chi connectivity index (χ0v) is 12.5.